The van der Waals surface area contributed by atoms with Gasteiger partial charge in [0, 0.05) is 12.0 Å². The van der Waals surface area contributed by atoms with E-state index in [2.05, 4.69) is 43.3 Å². The zero-order valence-electron chi connectivity index (χ0n) is 13.1. The number of ketones is 1. The van der Waals surface area contributed by atoms with Gasteiger partial charge in [-0.15, -0.1) is 0 Å². The summed E-state index contributed by atoms with van der Waals surface area (Å²) in [6.07, 6.45) is 4.11. The normalized spacial score (nSPS) is 18.0. The third-order valence-electron chi connectivity index (χ3n) is 4.44. The van der Waals surface area contributed by atoms with Gasteiger partial charge in [0.05, 0.1) is 0 Å². The molecule has 2 aromatic carbocycles. The molecule has 0 saturated carbocycles. The summed E-state index contributed by atoms with van der Waals surface area (Å²) in [7, 11) is 0. The molecule has 22 heavy (non-hydrogen) atoms. The molecular weight excluding hydrogens is 268 g/mol. The van der Waals surface area contributed by atoms with E-state index in [1.165, 1.54) is 24.0 Å². The molecule has 0 fully saturated rings. The van der Waals surface area contributed by atoms with Crippen molar-refractivity contribution in [3.63, 3.8) is 0 Å². The SMILES string of the molecule is CCCCC1CC(=O)C(c2ccccc2)=C1c1ccccc1. The van der Waals surface area contributed by atoms with Crippen molar-refractivity contribution < 1.29 is 4.79 Å². The average molecular weight is 290 g/mol. The van der Waals surface area contributed by atoms with E-state index in [-0.39, 0.29) is 0 Å². The largest absolute Gasteiger partial charge is 0.294 e. The second-order valence-corrected chi connectivity index (χ2v) is 5.99. The number of allylic oxidation sites excluding steroid dienone is 2. The van der Waals surface area contributed by atoms with E-state index < -0.39 is 0 Å². The van der Waals surface area contributed by atoms with Crippen LogP contribution in [-0.4, -0.2) is 5.78 Å². The first-order valence-electron chi connectivity index (χ1n) is 8.19. The highest BCUT2D eigenvalue weighted by molar-refractivity contribution is 6.31. The first-order valence-corrected chi connectivity index (χ1v) is 8.19. The van der Waals surface area contributed by atoms with E-state index in [1.807, 2.05) is 24.3 Å². The van der Waals surface area contributed by atoms with Crippen molar-refractivity contribution >= 4 is 16.9 Å². The van der Waals surface area contributed by atoms with Crippen LogP contribution in [0.1, 0.15) is 43.7 Å². The van der Waals surface area contributed by atoms with Crippen molar-refractivity contribution in [1.29, 1.82) is 0 Å². The molecule has 0 aliphatic heterocycles. The Kier molecular flexibility index (Phi) is 4.53. The van der Waals surface area contributed by atoms with Crippen molar-refractivity contribution in [1.82, 2.24) is 0 Å². The fourth-order valence-corrected chi connectivity index (χ4v) is 3.40. The van der Waals surface area contributed by atoms with E-state index in [4.69, 9.17) is 0 Å². The summed E-state index contributed by atoms with van der Waals surface area (Å²) < 4.78 is 0. The minimum absolute atomic E-state index is 0.297. The highest BCUT2D eigenvalue weighted by Crippen LogP contribution is 2.43. The van der Waals surface area contributed by atoms with Gasteiger partial charge in [-0.25, -0.2) is 0 Å². The van der Waals surface area contributed by atoms with Crippen LogP contribution in [0.25, 0.3) is 11.1 Å². The number of Topliss-reactive ketones (excluding diaryl/α,β-unsaturated/α-hetero) is 1. The lowest BCUT2D eigenvalue weighted by atomic mass is 9.88. The van der Waals surface area contributed by atoms with E-state index in [1.54, 1.807) is 0 Å². The Balaban J connectivity index is 2.11. The van der Waals surface area contributed by atoms with Crippen LogP contribution in [0, 0.1) is 5.92 Å². The van der Waals surface area contributed by atoms with Crippen LogP contribution in [0.5, 0.6) is 0 Å². The predicted octanol–water partition coefficient (Wildman–Crippen LogP) is 5.38. The van der Waals surface area contributed by atoms with Gasteiger partial charge in [0.15, 0.2) is 5.78 Å². The second kappa shape index (κ2) is 6.74. The van der Waals surface area contributed by atoms with Gasteiger partial charge in [-0.1, -0.05) is 80.4 Å². The summed E-state index contributed by atoms with van der Waals surface area (Å²) >= 11 is 0. The monoisotopic (exact) mass is 290 g/mol. The Morgan fingerprint density at radius 3 is 2.09 bits per heavy atom. The molecule has 0 amide bonds. The van der Waals surface area contributed by atoms with Gasteiger partial charge in [-0.3, -0.25) is 4.79 Å². The Labute approximate surface area is 132 Å². The third kappa shape index (κ3) is 2.89. The molecule has 0 saturated heterocycles. The highest BCUT2D eigenvalue weighted by atomic mass is 16.1. The molecule has 1 nitrogen and oxygen atoms in total. The van der Waals surface area contributed by atoms with E-state index >= 15 is 0 Å². The Hall–Kier alpha value is -2.15. The van der Waals surface area contributed by atoms with Crippen molar-refractivity contribution in [2.45, 2.75) is 32.6 Å². The molecule has 0 bridgehead atoms. The average Bonchev–Trinajstić information content (AvgIpc) is 2.91. The molecule has 0 aromatic heterocycles. The van der Waals surface area contributed by atoms with Gasteiger partial charge >= 0.3 is 0 Å². The zero-order valence-corrected chi connectivity index (χ0v) is 13.1. The summed E-state index contributed by atoms with van der Waals surface area (Å²) in [5, 5.41) is 0. The van der Waals surface area contributed by atoms with Crippen LogP contribution in [0.2, 0.25) is 0 Å². The molecule has 1 aliphatic rings. The van der Waals surface area contributed by atoms with Crippen LogP contribution < -0.4 is 0 Å². The number of hydrogen-bond donors (Lipinski definition) is 0. The number of benzene rings is 2. The lowest BCUT2D eigenvalue weighted by Gasteiger charge is -2.15. The maximum absolute atomic E-state index is 12.7. The van der Waals surface area contributed by atoms with E-state index in [9.17, 15) is 4.79 Å². The van der Waals surface area contributed by atoms with Gasteiger partial charge in [-0.2, -0.15) is 0 Å². The second-order valence-electron chi connectivity index (χ2n) is 5.99. The van der Waals surface area contributed by atoms with Crippen molar-refractivity contribution in [2.24, 2.45) is 5.92 Å². The number of rotatable bonds is 5. The molecule has 0 heterocycles. The van der Waals surface area contributed by atoms with Gasteiger partial charge in [0.2, 0.25) is 0 Å². The van der Waals surface area contributed by atoms with Crippen LogP contribution in [0.3, 0.4) is 0 Å². The summed E-state index contributed by atoms with van der Waals surface area (Å²) in [4.78, 5) is 12.7. The fraction of sp³-hybridized carbons (Fsp3) is 0.286. The first-order chi connectivity index (χ1) is 10.8. The van der Waals surface area contributed by atoms with Crippen molar-refractivity contribution in [3.8, 4) is 0 Å². The summed E-state index contributed by atoms with van der Waals surface area (Å²) in [5.41, 5.74) is 4.46. The number of carbonyl (C=O) groups is 1. The van der Waals surface area contributed by atoms with Gasteiger partial charge in [0.1, 0.15) is 0 Å². The molecule has 3 rings (SSSR count). The van der Waals surface area contributed by atoms with Gasteiger partial charge in [0.25, 0.3) is 0 Å². The molecule has 112 valence electrons. The van der Waals surface area contributed by atoms with Crippen LogP contribution in [-0.2, 0) is 4.79 Å². The Morgan fingerprint density at radius 1 is 0.909 bits per heavy atom. The molecular formula is C21H22O. The number of unbranched alkanes of at least 4 members (excludes halogenated alkanes) is 1. The minimum Gasteiger partial charge on any atom is -0.294 e. The summed E-state index contributed by atoms with van der Waals surface area (Å²) in [6.45, 7) is 2.21. The summed E-state index contributed by atoms with van der Waals surface area (Å²) in [6, 6.07) is 20.6. The molecule has 1 aliphatic carbocycles. The molecule has 1 unspecified atom stereocenters. The summed E-state index contributed by atoms with van der Waals surface area (Å²) in [5.74, 6) is 0.663. The zero-order chi connectivity index (χ0) is 15.4. The molecule has 0 radical (unpaired) electrons. The van der Waals surface area contributed by atoms with E-state index in [0.717, 1.165) is 17.6 Å². The lowest BCUT2D eigenvalue weighted by molar-refractivity contribution is -0.113. The van der Waals surface area contributed by atoms with Gasteiger partial charge in [-0.05, 0) is 29.0 Å². The van der Waals surface area contributed by atoms with Crippen molar-refractivity contribution in [2.75, 3.05) is 0 Å². The minimum atomic E-state index is 0.297. The predicted molar refractivity (Wildman–Crippen MR) is 92.3 cm³/mol. The molecule has 0 spiro atoms. The maximum atomic E-state index is 12.7. The molecule has 0 N–H and O–H groups in total. The molecule has 1 heteroatoms. The first kappa shape index (κ1) is 14.8. The lowest BCUT2D eigenvalue weighted by Crippen LogP contribution is -2.00. The quantitative estimate of drug-likeness (QED) is 0.723. The number of hydrogen-bond acceptors (Lipinski definition) is 1. The highest BCUT2D eigenvalue weighted by Gasteiger charge is 2.33. The van der Waals surface area contributed by atoms with Gasteiger partial charge < -0.3 is 0 Å². The standard InChI is InChI=1S/C21H22O/c1-2-3-10-18-15-19(22)21(17-13-8-5-9-14-17)20(18)16-11-6-4-7-12-16/h4-9,11-14,18H,2-3,10,15H2,1H3. The van der Waals surface area contributed by atoms with Crippen LogP contribution >= 0.6 is 0 Å². The topological polar surface area (TPSA) is 17.1 Å². The Bertz CT molecular complexity index is 668. The van der Waals surface area contributed by atoms with Crippen LogP contribution in [0.15, 0.2) is 60.7 Å². The van der Waals surface area contributed by atoms with E-state index in [0.29, 0.717) is 18.1 Å². The Morgan fingerprint density at radius 2 is 1.50 bits per heavy atom. The maximum Gasteiger partial charge on any atom is 0.164 e. The molecule has 2 aromatic rings. The van der Waals surface area contributed by atoms with Crippen molar-refractivity contribution in [3.05, 3.63) is 71.8 Å². The van der Waals surface area contributed by atoms with Crippen LogP contribution in [0.4, 0.5) is 0 Å². The smallest absolute Gasteiger partial charge is 0.164 e. The fourth-order valence-electron chi connectivity index (χ4n) is 3.40. The third-order valence-corrected chi connectivity index (χ3v) is 4.44. The number of carbonyl (C=O) groups excluding carboxylic acids is 1. The molecule has 1 atom stereocenters.